The minimum atomic E-state index is 0.187. The van der Waals surface area contributed by atoms with Crippen LogP contribution in [0.15, 0.2) is 41.8 Å². The number of aryl methyl sites for hydroxylation is 2. The van der Waals surface area contributed by atoms with Gasteiger partial charge >= 0.3 is 0 Å². The second-order valence-electron chi connectivity index (χ2n) is 7.15. The molecule has 0 spiro atoms. The van der Waals surface area contributed by atoms with Gasteiger partial charge in [0.15, 0.2) is 0 Å². The maximum Gasteiger partial charge on any atom is 0.264 e. The van der Waals surface area contributed by atoms with E-state index in [0.717, 1.165) is 54.7 Å². The van der Waals surface area contributed by atoms with Gasteiger partial charge in [-0.05, 0) is 25.0 Å². The first kappa shape index (κ1) is 19.3. The molecule has 4 rings (SSSR count). The van der Waals surface area contributed by atoms with Gasteiger partial charge in [-0.15, -0.1) is 22.7 Å². The quantitative estimate of drug-likeness (QED) is 0.611. The lowest BCUT2D eigenvalue weighted by atomic mass is 10.2. The van der Waals surface area contributed by atoms with Crippen LogP contribution >= 0.6 is 22.7 Å². The molecule has 3 aromatic rings. The molecule has 0 bridgehead atoms. The molecule has 1 amide bonds. The molecule has 1 fully saturated rings. The summed E-state index contributed by atoms with van der Waals surface area (Å²) in [6.07, 6.45) is 0.996. The van der Waals surface area contributed by atoms with Gasteiger partial charge in [0, 0.05) is 48.5 Å². The predicted octanol–water partition coefficient (Wildman–Crippen LogP) is 4.70. The van der Waals surface area contributed by atoms with Gasteiger partial charge in [-0.25, -0.2) is 4.98 Å². The molecule has 28 heavy (non-hydrogen) atoms. The van der Waals surface area contributed by atoms with Crippen LogP contribution in [0, 0.1) is 6.92 Å². The van der Waals surface area contributed by atoms with E-state index in [1.807, 2.05) is 23.1 Å². The summed E-state index contributed by atoms with van der Waals surface area (Å²) in [5.41, 5.74) is 3.53. The van der Waals surface area contributed by atoms with Crippen molar-refractivity contribution >= 4 is 28.6 Å². The number of piperazine rings is 1. The van der Waals surface area contributed by atoms with Crippen LogP contribution in [0.5, 0.6) is 0 Å². The molecule has 0 atom stereocenters. The third-order valence-electron chi connectivity index (χ3n) is 5.17. The SMILES string of the molecule is CCc1sc(C(=O)N2CCN(Cc3csc(-c4ccccc4)n3)CC2)cc1C. The minimum Gasteiger partial charge on any atom is -0.335 e. The van der Waals surface area contributed by atoms with E-state index in [0.29, 0.717) is 0 Å². The molecule has 2 aromatic heterocycles. The van der Waals surface area contributed by atoms with Gasteiger partial charge in [0.05, 0.1) is 10.6 Å². The van der Waals surface area contributed by atoms with Crippen molar-refractivity contribution in [2.24, 2.45) is 0 Å². The number of benzene rings is 1. The summed E-state index contributed by atoms with van der Waals surface area (Å²) in [4.78, 5) is 24.2. The van der Waals surface area contributed by atoms with Crippen molar-refractivity contribution in [2.75, 3.05) is 26.2 Å². The number of rotatable bonds is 5. The number of hydrogen-bond acceptors (Lipinski definition) is 5. The molecule has 0 radical (unpaired) electrons. The maximum atomic E-state index is 12.8. The highest BCUT2D eigenvalue weighted by molar-refractivity contribution is 7.14. The van der Waals surface area contributed by atoms with Crippen molar-refractivity contribution in [2.45, 2.75) is 26.8 Å². The Balaban J connectivity index is 1.33. The molecular formula is C22H25N3OS2. The first-order valence-corrected chi connectivity index (χ1v) is 11.4. The van der Waals surface area contributed by atoms with Crippen LogP contribution in [0.4, 0.5) is 0 Å². The fourth-order valence-electron chi connectivity index (χ4n) is 3.56. The van der Waals surface area contributed by atoms with Gasteiger partial charge in [-0.1, -0.05) is 37.3 Å². The Morgan fingerprint density at radius 3 is 2.57 bits per heavy atom. The zero-order valence-corrected chi connectivity index (χ0v) is 18.0. The van der Waals surface area contributed by atoms with Crippen molar-refractivity contribution in [3.63, 3.8) is 0 Å². The van der Waals surface area contributed by atoms with Gasteiger partial charge in [0.1, 0.15) is 5.01 Å². The fourth-order valence-corrected chi connectivity index (χ4v) is 5.46. The van der Waals surface area contributed by atoms with Gasteiger partial charge < -0.3 is 4.90 Å². The third-order valence-corrected chi connectivity index (χ3v) is 7.48. The van der Waals surface area contributed by atoms with E-state index in [1.165, 1.54) is 16.0 Å². The zero-order valence-electron chi connectivity index (χ0n) is 16.4. The lowest BCUT2D eigenvalue weighted by Crippen LogP contribution is -2.48. The number of nitrogens with zero attached hydrogens (tertiary/aromatic N) is 3. The average Bonchev–Trinajstić information content (AvgIpc) is 3.35. The highest BCUT2D eigenvalue weighted by atomic mass is 32.1. The number of hydrogen-bond donors (Lipinski definition) is 0. The summed E-state index contributed by atoms with van der Waals surface area (Å²) in [6, 6.07) is 12.4. The van der Waals surface area contributed by atoms with Crippen LogP contribution in [-0.4, -0.2) is 46.9 Å². The average molecular weight is 412 g/mol. The van der Waals surface area contributed by atoms with E-state index in [4.69, 9.17) is 4.98 Å². The number of carbonyl (C=O) groups is 1. The third kappa shape index (κ3) is 4.19. The summed E-state index contributed by atoms with van der Waals surface area (Å²) in [5, 5.41) is 3.23. The van der Waals surface area contributed by atoms with E-state index in [1.54, 1.807) is 22.7 Å². The molecule has 146 valence electrons. The molecular weight excluding hydrogens is 386 g/mol. The molecule has 0 aliphatic carbocycles. The lowest BCUT2D eigenvalue weighted by Gasteiger charge is -2.34. The number of thiazole rings is 1. The van der Waals surface area contributed by atoms with Crippen molar-refractivity contribution < 1.29 is 4.79 Å². The van der Waals surface area contributed by atoms with Gasteiger partial charge in [-0.3, -0.25) is 9.69 Å². The largest absolute Gasteiger partial charge is 0.335 e. The smallest absolute Gasteiger partial charge is 0.264 e. The molecule has 4 nitrogen and oxygen atoms in total. The second kappa shape index (κ2) is 8.55. The Morgan fingerprint density at radius 2 is 1.89 bits per heavy atom. The molecule has 6 heteroatoms. The first-order valence-electron chi connectivity index (χ1n) is 9.75. The van der Waals surface area contributed by atoms with Crippen molar-refractivity contribution in [1.29, 1.82) is 0 Å². The van der Waals surface area contributed by atoms with Crippen molar-refractivity contribution in [3.8, 4) is 10.6 Å². The van der Waals surface area contributed by atoms with Crippen molar-refractivity contribution in [1.82, 2.24) is 14.8 Å². The molecule has 0 unspecified atom stereocenters. The van der Waals surface area contributed by atoms with E-state index in [-0.39, 0.29) is 5.91 Å². The first-order chi connectivity index (χ1) is 13.6. The monoisotopic (exact) mass is 411 g/mol. The summed E-state index contributed by atoms with van der Waals surface area (Å²) < 4.78 is 0. The topological polar surface area (TPSA) is 36.4 Å². The van der Waals surface area contributed by atoms with Gasteiger partial charge in [0.2, 0.25) is 0 Å². The number of carbonyl (C=O) groups excluding carboxylic acids is 1. The van der Waals surface area contributed by atoms with Crippen LogP contribution in [0.1, 0.15) is 32.7 Å². The summed E-state index contributed by atoms with van der Waals surface area (Å²) in [7, 11) is 0. The van der Waals surface area contributed by atoms with Crippen LogP contribution < -0.4 is 0 Å². The predicted molar refractivity (Wildman–Crippen MR) is 117 cm³/mol. The van der Waals surface area contributed by atoms with Gasteiger partial charge in [-0.2, -0.15) is 0 Å². The second-order valence-corrected chi connectivity index (χ2v) is 9.14. The standard InChI is InChI=1S/C22H25N3OS2/c1-3-19-16(2)13-20(28-19)22(26)25-11-9-24(10-12-25)14-18-15-27-21(23-18)17-7-5-4-6-8-17/h4-8,13,15H,3,9-12,14H2,1-2H3. The Morgan fingerprint density at radius 1 is 1.14 bits per heavy atom. The Bertz CT molecular complexity index is 940. The van der Waals surface area contributed by atoms with Gasteiger partial charge in [0.25, 0.3) is 5.91 Å². The van der Waals surface area contributed by atoms with E-state index >= 15 is 0 Å². The minimum absolute atomic E-state index is 0.187. The van der Waals surface area contributed by atoms with E-state index in [2.05, 4.69) is 42.3 Å². The Kier molecular flexibility index (Phi) is 5.90. The lowest BCUT2D eigenvalue weighted by molar-refractivity contribution is 0.0632. The van der Waals surface area contributed by atoms with Crippen LogP contribution in [0.25, 0.3) is 10.6 Å². The fraction of sp³-hybridized carbons (Fsp3) is 0.364. The van der Waals surface area contributed by atoms with Crippen LogP contribution in [0.2, 0.25) is 0 Å². The normalized spacial score (nSPS) is 15.1. The molecule has 1 aliphatic heterocycles. The molecule has 3 heterocycles. The molecule has 1 aliphatic rings. The molecule has 0 N–H and O–H groups in total. The van der Waals surface area contributed by atoms with Crippen LogP contribution in [-0.2, 0) is 13.0 Å². The highest BCUT2D eigenvalue weighted by Crippen LogP contribution is 2.25. The Labute approximate surface area is 174 Å². The zero-order chi connectivity index (χ0) is 19.5. The summed E-state index contributed by atoms with van der Waals surface area (Å²) >= 11 is 3.35. The molecule has 1 aromatic carbocycles. The summed E-state index contributed by atoms with van der Waals surface area (Å²) in [5.74, 6) is 0.187. The number of thiophene rings is 1. The Hall–Kier alpha value is -2.02. The molecule has 0 saturated carbocycles. The molecule has 1 saturated heterocycles. The van der Waals surface area contributed by atoms with E-state index < -0.39 is 0 Å². The number of aromatic nitrogens is 1. The summed E-state index contributed by atoms with van der Waals surface area (Å²) in [6.45, 7) is 8.46. The number of amides is 1. The van der Waals surface area contributed by atoms with Crippen LogP contribution in [0.3, 0.4) is 0 Å². The highest BCUT2D eigenvalue weighted by Gasteiger charge is 2.24. The van der Waals surface area contributed by atoms with Crippen molar-refractivity contribution in [3.05, 3.63) is 62.8 Å². The van der Waals surface area contributed by atoms with E-state index in [9.17, 15) is 4.79 Å². The maximum absolute atomic E-state index is 12.8.